The van der Waals surface area contributed by atoms with Gasteiger partial charge in [0.1, 0.15) is 0 Å². The molecule has 0 bridgehead atoms. The van der Waals surface area contributed by atoms with Gasteiger partial charge in [-0.1, -0.05) is 25.1 Å². The standard InChI is InChI=1S/C17H23N5/c1-14-6-9-21(10-7-14)17(18)20-12-15-4-2-3-5-16(15)22-11-8-19-13-22/h2-5,8,11,13-14H,6-7,9-10,12H2,1H3,(H2,18,20). The van der Waals surface area contributed by atoms with E-state index in [1.54, 1.807) is 12.5 Å². The van der Waals surface area contributed by atoms with E-state index in [2.05, 4.69) is 33.9 Å². The third-order valence-electron chi connectivity index (χ3n) is 4.29. The molecular formula is C17H23N5. The van der Waals surface area contributed by atoms with Gasteiger partial charge in [0.15, 0.2) is 5.96 Å². The van der Waals surface area contributed by atoms with E-state index in [-0.39, 0.29) is 0 Å². The molecule has 5 nitrogen and oxygen atoms in total. The molecule has 0 amide bonds. The first kappa shape index (κ1) is 14.6. The Bertz CT molecular complexity index is 624. The van der Waals surface area contributed by atoms with Crippen LogP contribution in [0.2, 0.25) is 0 Å². The summed E-state index contributed by atoms with van der Waals surface area (Å²) in [5.41, 5.74) is 8.42. The molecule has 1 aliphatic rings. The van der Waals surface area contributed by atoms with E-state index >= 15 is 0 Å². The Morgan fingerprint density at radius 2 is 2.09 bits per heavy atom. The van der Waals surface area contributed by atoms with Crippen LogP contribution >= 0.6 is 0 Å². The van der Waals surface area contributed by atoms with Crippen LogP contribution in [0.1, 0.15) is 25.3 Å². The van der Waals surface area contributed by atoms with Gasteiger partial charge in [-0.05, 0) is 30.4 Å². The lowest BCUT2D eigenvalue weighted by molar-refractivity contribution is 0.277. The normalized spacial score (nSPS) is 17.0. The van der Waals surface area contributed by atoms with Gasteiger partial charge in [0.05, 0.1) is 18.6 Å². The number of imidazole rings is 1. The third-order valence-corrected chi connectivity index (χ3v) is 4.29. The number of aliphatic imine (C=N–C) groups is 1. The minimum atomic E-state index is 0.590. The second-order valence-electron chi connectivity index (χ2n) is 5.94. The zero-order chi connectivity index (χ0) is 15.4. The molecular weight excluding hydrogens is 274 g/mol. The summed E-state index contributed by atoms with van der Waals surface area (Å²) >= 11 is 0. The molecule has 0 radical (unpaired) electrons. The van der Waals surface area contributed by atoms with Crippen LogP contribution < -0.4 is 5.73 Å². The fraction of sp³-hybridized carbons (Fsp3) is 0.412. The van der Waals surface area contributed by atoms with Crippen LogP contribution in [0.15, 0.2) is 48.0 Å². The summed E-state index contributed by atoms with van der Waals surface area (Å²) in [7, 11) is 0. The number of nitrogens with zero attached hydrogens (tertiary/aromatic N) is 4. The summed E-state index contributed by atoms with van der Waals surface area (Å²) in [6.45, 7) is 4.91. The molecule has 2 N–H and O–H groups in total. The van der Waals surface area contributed by atoms with Crippen LogP contribution in [-0.4, -0.2) is 33.5 Å². The molecule has 116 valence electrons. The summed E-state index contributed by atoms with van der Waals surface area (Å²) in [6, 6.07) is 8.22. The minimum Gasteiger partial charge on any atom is -0.370 e. The van der Waals surface area contributed by atoms with Gasteiger partial charge in [-0.2, -0.15) is 0 Å². The summed E-state index contributed by atoms with van der Waals surface area (Å²) < 4.78 is 2.00. The van der Waals surface area contributed by atoms with Crippen molar-refractivity contribution in [1.29, 1.82) is 0 Å². The van der Waals surface area contributed by atoms with Gasteiger partial charge >= 0.3 is 0 Å². The first-order valence-corrected chi connectivity index (χ1v) is 7.85. The molecule has 0 aliphatic carbocycles. The molecule has 1 fully saturated rings. The molecule has 0 unspecified atom stereocenters. The van der Waals surface area contributed by atoms with Gasteiger partial charge in [0, 0.05) is 25.5 Å². The van der Waals surface area contributed by atoms with E-state index in [9.17, 15) is 0 Å². The predicted octanol–water partition coefficient (Wildman–Crippen LogP) is 2.42. The van der Waals surface area contributed by atoms with Gasteiger partial charge in [-0.25, -0.2) is 9.98 Å². The van der Waals surface area contributed by atoms with E-state index in [1.807, 2.05) is 22.9 Å². The van der Waals surface area contributed by atoms with Crippen molar-refractivity contribution in [3.63, 3.8) is 0 Å². The summed E-state index contributed by atoms with van der Waals surface area (Å²) in [6.07, 6.45) is 7.92. The van der Waals surface area contributed by atoms with Crippen LogP contribution in [0.3, 0.4) is 0 Å². The molecule has 0 atom stereocenters. The second kappa shape index (κ2) is 6.64. The Morgan fingerprint density at radius 1 is 1.32 bits per heavy atom. The van der Waals surface area contributed by atoms with E-state index in [0.29, 0.717) is 12.5 Å². The maximum Gasteiger partial charge on any atom is 0.191 e. The van der Waals surface area contributed by atoms with Crippen molar-refractivity contribution in [2.45, 2.75) is 26.3 Å². The van der Waals surface area contributed by atoms with Crippen molar-refractivity contribution in [3.8, 4) is 5.69 Å². The molecule has 0 spiro atoms. The van der Waals surface area contributed by atoms with Crippen LogP contribution in [0.4, 0.5) is 0 Å². The largest absolute Gasteiger partial charge is 0.370 e. The Morgan fingerprint density at radius 3 is 2.82 bits per heavy atom. The zero-order valence-electron chi connectivity index (χ0n) is 13.0. The molecule has 1 aromatic carbocycles. The summed E-state index contributed by atoms with van der Waals surface area (Å²) in [5, 5.41) is 0. The first-order chi connectivity index (χ1) is 10.7. The number of likely N-dealkylation sites (tertiary alicyclic amines) is 1. The first-order valence-electron chi connectivity index (χ1n) is 7.85. The van der Waals surface area contributed by atoms with Gasteiger partial charge in [-0.3, -0.25) is 0 Å². The fourth-order valence-electron chi connectivity index (χ4n) is 2.80. The van der Waals surface area contributed by atoms with Gasteiger partial charge < -0.3 is 15.2 Å². The fourth-order valence-corrected chi connectivity index (χ4v) is 2.80. The lowest BCUT2D eigenvalue weighted by atomic mass is 10.00. The van der Waals surface area contributed by atoms with E-state index in [1.165, 1.54) is 12.8 Å². The average molecular weight is 297 g/mol. The number of guanidine groups is 1. The number of para-hydroxylation sites is 1. The number of hydrogen-bond donors (Lipinski definition) is 1. The van der Waals surface area contributed by atoms with Crippen molar-refractivity contribution in [3.05, 3.63) is 48.5 Å². The maximum absolute atomic E-state index is 6.17. The number of rotatable bonds is 3. The molecule has 0 saturated carbocycles. The SMILES string of the molecule is CC1CCN(C(N)=NCc2ccccc2-n2ccnc2)CC1. The molecule has 2 aromatic rings. The monoisotopic (exact) mass is 297 g/mol. The number of piperidine rings is 1. The maximum atomic E-state index is 6.17. The minimum absolute atomic E-state index is 0.590. The van der Waals surface area contributed by atoms with Crippen molar-refractivity contribution in [2.75, 3.05) is 13.1 Å². The predicted molar refractivity (Wildman–Crippen MR) is 88.9 cm³/mol. The quantitative estimate of drug-likeness (QED) is 0.699. The molecule has 1 aromatic heterocycles. The highest BCUT2D eigenvalue weighted by Gasteiger charge is 2.16. The molecule has 2 heterocycles. The highest BCUT2D eigenvalue weighted by molar-refractivity contribution is 5.78. The van der Waals surface area contributed by atoms with Crippen molar-refractivity contribution in [1.82, 2.24) is 14.5 Å². The average Bonchev–Trinajstić information content (AvgIpc) is 3.08. The lowest BCUT2D eigenvalue weighted by Gasteiger charge is -2.31. The smallest absolute Gasteiger partial charge is 0.191 e. The van der Waals surface area contributed by atoms with Gasteiger partial charge in [0.2, 0.25) is 0 Å². The number of nitrogens with two attached hydrogens (primary N) is 1. The van der Waals surface area contributed by atoms with Crippen LogP contribution in [0.25, 0.3) is 5.69 Å². The zero-order valence-corrected chi connectivity index (χ0v) is 13.0. The highest BCUT2D eigenvalue weighted by atomic mass is 15.3. The highest BCUT2D eigenvalue weighted by Crippen LogP contribution is 2.17. The Hall–Kier alpha value is -2.30. The second-order valence-corrected chi connectivity index (χ2v) is 5.94. The molecule has 5 heteroatoms. The van der Waals surface area contributed by atoms with Crippen molar-refractivity contribution >= 4 is 5.96 Å². The Balaban J connectivity index is 1.72. The van der Waals surface area contributed by atoms with Crippen molar-refractivity contribution in [2.24, 2.45) is 16.6 Å². The van der Waals surface area contributed by atoms with E-state index < -0.39 is 0 Å². The molecule has 1 aliphatic heterocycles. The topological polar surface area (TPSA) is 59.4 Å². The Kier molecular flexibility index (Phi) is 4.42. The lowest BCUT2D eigenvalue weighted by Crippen LogP contribution is -2.42. The third kappa shape index (κ3) is 3.30. The molecule has 1 saturated heterocycles. The number of benzene rings is 1. The van der Waals surface area contributed by atoms with Gasteiger partial charge in [-0.15, -0.1) is 0 Å². The van der Waals surface area contributed by atoms with E-state index in [4.69, 9.17) is 5.73 Å². The van der Waals surface area contributed by atoms with E-state index in [0.717, 1.165) is 30.3 Å². The van der Waals surface area contributed by atoms with Crippen LogP contribution in [0, 0.1) is 5.92 Å². The molecule has 3 rings (SSSR count). The van der Waals surface area contributed by atoms with Gasteiger partial charge in [0.25, 0.3) is 0 Å². The van der Waals surface area contributed by atoms with Crippen LogP contribution in [0.5, 0.6) is 0 Å². The summed E-state index contributed by atoms with van der Waals surface area (Å²) in [4.78, 5) is 10.9. The van der Waals surface area contributed by atoms with Crippen molar-refractivity contribution < 1.29 is 0 Å². The summed E-state index contributed by atoms with van der Waals surface area (Å²) in [5.74, 6) is 1.46. The number of hydrogen-bond acceptors (Lipinski definition) is 2. The Labute approximate surface area is 131 Å². The number of aromatic nitrogens is 2. The van der Waals surface area contributed by atoms with Crippen LogP contribution in [-0.2, 0) is 6.54 Å². The molecule has 22 heavy (non-hydrogen) atoms.